The summed E-state index contributed by atoms with van der Waals surface area (Å²) < 4.78 is 53.2. The van der Waals surface area contributed by atoms with Gasteiger partial charge in [0.05, 0.1) is 17.4 Å². The van der Waals surface area contributed by atoms with Gasteiger partial charge in [-0.25, -0.2) is 18.1 Å². The van der Waals surface area contributed by atoms with Crippen molar-refractivity contribution in [3.05, 3.63) is 47.8 Å². The molecule has 1 aliphatic rings. The molecule has 4 rings (SSSR count). The third-order valence-electron chi connectivity index (χ3n) is 5.16. The summed E-state index contributed by atoms with van der Waals surface area (Å²) >= 11 is 0. The lowest BCUT2D eigenvalue weighted by molar-refractivity contribution is 0.0561. The summed E-state index contributed by atoms with van der Waals surface area (Å²) in [6.45, 7) is 1.99. The number of sulfonamides is 1. The average molecular weight is 421 g/mol. The highest BCUT2D eigenvalue weighted by molar-refractivity contribution is 7.89. The fourth-order valence-electron chi connectivity index (χ4n) is 3.61. The predicted octanol–water partition coefficient (Wildman–Crippen LogP) is 2.95. The first-order valence-corrected chi connectivity index (χ1v) is 10.7. The van der Waals surface area contributed by atoms with Gasteiger partial charge in [0.1, 0.15) is 10.7 Å². The molecule has 1 aliphatic heterocycles. The number of nitrogens with zero attached hydrogens (tertiary/aromatic N) is 5. The minimum Gasteiger partial charge on any atom is -0.354 e. The van der Waals surface area contributed by atoms with E-state index in [0.29, 0.717) is 17.8 Å². The molecule has 0 N–H and O–H groups in total. The summed E-state index contributed by atoms with van der Waals surface area (Å²) in [4.78, 5) is 6.57. The average Bonchev–Trinajstić information content (AvgIpc) is 3.11. The minimum atomic E-state index is -3.88. The van der Waals surface area contributed by atoms with Gasteiger partial charge in [0, 0.05) is 31.6 Å². The van der Waals surface area contributed by atoms with E-state index < -0.39 is 16.6 Å². The molecule has 3 heterocycles. The predicted molar refractivity (Wildman–Crippen MR) is 106 cm³/mol. The molecule has 2 aromatic heterocycles. The molecular weight excluding hydrogens is 400 g/mol. The molecule has 0 saturated carbocycles. The smallest absolute Gasteiger partial charge is 0.333 e. The Kier molecular flexibility index (Phi) is 4.99. The zero-order valence-corrected chi connectivity index (χ0v) is 16.9. The maximum Gasteiger partial charge on any atom is 0.333 e. The number of halogens is 2. The van der Waals surface area contributed by atoms with Crippen molar-refractivity contribution in [3.63, 3.8) is 0 Å². The van der Waals surface area contributed by atoms with E-state index in [1.54, 1.807) is 0 Å². The number of anilines is 1. The number of para-hydroxylation sites is 1. The molecular formula is C19H21F2N5O2S. The van der Waals surface area contributed by atoms with Crippen molar-refractivity contribution in [1.29, 1.82) is 0 Å². The van der Waals surface area contributed by atoms with Crippen LogP contribution in [0.1, 0.15) is 17.8 Å². The van der Waals surface area contributed by atoms with Gasteiger partial charge in [-0.15, -0.1) is 0 Å². The summed E-state index contributed by atoms with van der Waals surface area (Å²) in [6, 6.07) is 9.89. The summed E-state index contributed by atoms with van der Waals surface area (Å²) in [7, 11) is -3.88. The highest BCUT2D eigenvalue weighted by Crippen LogP contribution is 2.26. The Morgan fingerprint density at radius 1 is 1.07 bits per heavy atom. The molecule has 154 valence electrons. The molecule has 1 aromatic carbocycles. The Hall–Kier alpha value is -2.59. The fourth-order valence-corrected chi connectivity index (χ4v) is 5.19. The first-order valence-electron chi connectivity index (χ1n) is 9.23. The highest BCUT2D eigenvalue weighted by Gasteiger charge is 2.32. The number of aryl methyl sites for hydroxylation is 2. The number of pyridine rings is 1. The molecule has 29 heavy (non-hydrogen) atoms. The van der Waals surface area contributed by atoms with Crippen LogP contribution in [-0.2, 0) is 10.0 Å². The number of hydrogen-bond donors (Lipinski definition) is 0. The molecule has 1 fully saturated rings. The van der Waals surface area contributed by atoms with Crippen LogP contribution in [-0.4, -0.2) is 53.7 Å². The van der Waals surface area contributed by atoms with Gasteiger partial charge in [-0.1, -0.05) is 18.2 Å². The molecule has 0 spiro atoms. The van der Waals surface area contributed by atoms with Gasteiger partial charge in [-0.2, -0.15) is 18.2 Å². The summed E-state index contributed by atoms with van der Waals surface area (Å²) in [5.74, 6) is 0.806. The van der Waals surface area contributed by atoms with Crippen LogP contribution in [0.15, 0.2) is 41.4 Å². The Morgan fingerprint density at radius 3 is 2.41 bits per heavy atom. The van der Waals surface area contributed by atoms with Gasteiger partial charge in [-0.3, -0.25) is 0 Å². The fraction of sp³-hybridized carbons (Fsp3) is 0.368. The number of hydrogen-bond acceptors (Lipinski definition) is 5. The zero-order chi connectivity index (χ0) is 20.8. The van der Waals surface area contributed by atoms with E-state index in [4.69, 9.17) is 4.98 Å². The molecule has 3 aromatic rings. The van der Waals surface area contributed by atoms with E-state index in [-0.39, 0.29) is 23.7 Å². The molecule has 0 radical (unpaired) electrons. The second-order valence-electron chi connectivity index (χ2n) is 7.04. The molecule has 0 bridgehead atoms. The molecule has 0 aliphatic carbocycles. The Labute approximate surface area is 167 Å². The van der Waals surface area contributed by atoms with Crippen LogP contribution in [0, 0.1) is 13.8 Å². The summed E-state index contributed by atoms with van der Waals surface area (Å²) in [6.07, 6.45) is 0.899. The van der Waals surface area contributed by atoms with Gasteiger partial charge in [0.15, 0.2) is 0 Å². The van der Waals surface area contributed by atoms with Crippen LogP contribution >= 0.6 is 0 Å². The van der Waals surface area contributed by atoms with Crippen LogP contribution in [0.5, 0.6) is 0 Å². The quantitative estimate of drug-likeness (QED) is 0.648. The third-order valence-corrected chi connectivity index (χ3v) is 7.16. The first-order chi connectivity index (χ1) is 13.8. The van der Waals surface area contributed by atoms with Crippen molar-refractivity contribution in [3.8, 4) is 0 Å². The number of aromatic nitrogens is 3. The number of benzene rings is 1. The van der Waals surface area contributed by atoms with Crippen LogP contribution < -0.4 is 4.90 Å². The van der Waals surface area contributed by atoms with Crippen molar-refractivity contribution in [2.24, 2.45) is 0 Å². The molecule has 7 nitrogen and oxygen atoms in total. The SMILES string of the molecule is Cc1nn(C(F)F)cc1S(=O)(=O)N1CCN(c2cc(C)c3ccccc3n2)CC1. The second-order valence-corrected chi connectivity index (χ2v) is 8.95. The second kappa shape index (κ2) is 7.34. The Balaban J connectivity index is 1.54. The van der Waals surface area contributed by atoms with Crippen LogP contribution in [0.4, 0.5) is 14.6 Å². The maximum absolute atomic E-state index is 12.9. The number of piperazine rings is 1. The van der Waals surface area contributed by atoms with Crippen molar-refractivity contribution >= 4 is 26.7 Å². The number of rotatable bonds is 4. The lowest BCUT2D eigenvalue weighted by Crippen LogP contribution is -2.49. The van der Waals surface area contributed by atoms with Gasteiger partial charge < -0.3 is 4.90 Å². The lowest BCUT2D eigenvalue weighted by atomic mass is 10.1. The normalized spacial score (nSPS) is 16.1. The van der Waals surface area contributed by atoms with Crippen molar-refractivity contribution in [2.45, 2.75) is 25.3 Å². The van der Waals surface area contributed by atoms with Gasteiger partial charge in [0.2, 0.25) is 10.0 Å². The Morgan fingerprint density at radius 2 is 1.76 bits per heavy atom. The van der Waals surface area contributed by atoms with Crippen molar-refractivity contribution in [2.75, 3.05) is 31.1 Å². The minimum absolute atomic E-state index is 0.0690. The number of fused-ring (bicyclic) bond motifs is 1. The van der Waals surface area contributed by atoms with Gasteiger partial charge in [0.25, 0.3) is 0 Å². The first kappa shape index (κ1) is 19.7. The van der Waals surface area contributed by atoms with Crippen molar-refractivity contribution < 1.29 is 17.2 Å². The Bertz CT molecular complexity index is 1150. The van der Waals surface area contributed by atoms with E-state index in [9.17, 15) is 17.2 Å². The number of alkyl halides is 2. The summed E-state index contributed by atoms with van der Waals surface area (Å²) in [5, 5.41) is 4.70. The van der Waals surface area contributed by atoms with E-state index in [1.165, 1.54) is 11.2 Å². The van der Waals surface area contributed by atoms with Crippen LogP contribution in [0.25, 0.3) is 10.9 Å². The largest absolute Gasteiger partial charge is 0.354 e. The lowest BCUT2D eigenvalue weighted by Gasteiger charge is -2.34. The summed E-state index contributed by atoms with van der Waals surface area (Å²) in [5.41, 5.74) is 2.07. The maximum atomic E-state index is 12.9. The molecule has 10 heteroatoms. The third kappa shape index (κ3) is 3.58. The van der Waals surface area contributed by atoms with Gasteiger partial charge in [-0.05, 0) is 31.5 Å². The zero-order valence-electron chi connectivity index (χ0n) is 16.1. The monoisotopic (exact) mass is 421 g/mol. The van der Waals surface area contributed by atoms with Gasteiger partial charge >= 0.3 is 6.55 Å². The highest BCUT2D eigenvalue weighted by atomic mass is 32.2. The molecule has 0 amide bonds. The van der Waals surface area contributed by atoms with E-state index in [2.05, 4.69) is 5.10 Å². The van der Waals surface area contributed by atoms with Crippen molar-refractivity contribution in [1.82, 2.24) is 19.1 Å². The molecule has 0 unspecified atom stereocenters. The topological polar surface area (TPSA) is 71.3 Å². The van der Waals surface area contributed by atoms with E-state index in [0.717, 1.165) is 28.5 Å². The standard InChI is InChI=1S/C19H21F2N5O2S/c1-13-11-18(22-16-6-4-3-5-15(13)16)24-7-9-25(10-8-24)29(27,28)17-12-26(19(20)21)23-14(17)2/h3-6,11-12,19H,7-10H2,1-2H3. The van der Waals surface area contributed by atoms with Crippen LogP contribution in [0.3, 0.4) is 0 Å². The van der Waals surface area contributed by atoms with E-state index in [1.807, 2.05) is 42.2 Å². The van der Waals surface area contributed by atoms with Crippen LogP contribution in [0.2, 0.25) is 0 Å². The molecule has 1 saturated heterocycles. The van der Waals surface area contributed by atoms with E-state index >= 15 is 0 Å². The molecule has 0 atom stereocenters.